The highest BCUT2D eigenvalue weighted by atomic mass is 31.2. The summed E-state index contributed by atoms with van der Waals surface area (Å²) in [6, 6.07) is 11.8. The minimum absolute atomic E-state index is 0.0328. The molecule has 0 aliphatic carbocycles. The Morgan fingerprint density at radius 1 is 0.436 bits per heavy atom. The molecule has 0 unspecified atom stereocenters. The number of carbonyl (C=O) groups excluding carboxylic acids is 4. The van der Waals surface area contributed by atoms with Crippen molar-refractivity contribution in [2.45, 2.75) is 62.3 Å². The van der Waals surface area contributed by atoms with Gasteiger partial charge in [0.15, 0.2) is 0 Å². The lowest BCUT2D eigenvalue weighted by Gasteiger charge is -2.29. The molecular formula is C40H59O14P. The van der Waals surface area contributed by atoms with E-state index in [1.54, 1.807) is 48.8 Å². The Labute approximate surface area is 325 Å². The molecule has 14 nitrogen and oxygen atoms in total. The number of methoxy groups -OCH3 is 2. The maximum absolute atomic E-state index is 13.5. The Morgan fingerprint density at radius 2 is 0.673 bits per heavy atom. The van der Waals surface area contributed by atoms with E-state index in [2.05, 4.69) is 0 Å². The summed E-state index contributed by atoms with van der Waals surface area (Å²) in [6.07, 6.45) is 0. The second-order valence-electron chi connectivity index (χ2n) is 16.4. The molecule has 0 amide bonds. The number of rotatable bonds is 24. The van der Waals surface area contributed by atoms with Gasteiger partial charge >= 0.3 is 31.7 Å². The molecule has 308 valence electrons. The Balaban J connectivity index is 1.86. The van der Waals surface area contributed by atoms with E-state index in [0.717, 1.165) is 0 Å². The molecule has 0 heterocycles. The van der Waals surface area contributed by atoms with Gasteiger partial charge in [0.25, 0.3) is 0 Å². The van der Waals surface area contributed by atoms with Gasteiger partial charge in [0.2, 0.25) is 0 Å². The molecule has 0 fully saturated rings. The summed E-state index contributed by atoms with van der Waals surface area (Å²) in [4.78, 5) is 50.5. The topological polar surface area (TPSA) is 168 Å². The maximum atomic E-state index is 13.5. The van der Waals surface area contributed by atoms with Gasteiger partial charge in [-0.2, -0.15) is 0 Å². The first kappa shape index (κ1) is 47.5. The normalized spacial score (nSPS) is 12.6. The summed E-state index contributed by atoms with van der Waals surface area (Å²) in [6.45, 7) is 17.1. The number of phosphoric ester groups is 1. The maximum Gasteiger partial charge on any atom is 0.474 e. The zero-order valence-corrected chi connectivity index (χ0v) is 35.0. The molecule has 0 aliphatic rings. The minimum Gasteiger partial charge on any atom is -0.461 e. The SMILES string of the molecule is CCOP(=O)(OCC(C)(C)COC(=O)c1ccc(C(=O)OCC(C)(C)COC)cc1)OCC(C)(C)COC(=O)c1ccc(C(=O)OCC(C)(C)COC)cc1. The molecule has 0 aliphatic heterocycles. The number of hydrogen-bond donors (Lipinski definition) is 0. The van der Waals surface area contributed by atoms with Crippen LogP contribution in [0.25, 0.3) is 0 Å². The van der Waals surface area contributed by atoms with Crippen LogP contribution >= 0.6 is 7.82 Å². The van der Waals surface area contributed by atoms with Crippen molar-refractivity contribution in [2.24, 2.45) is 21.7 Å². The summed E-state index contributed by atoms with van der Waals surface area (Å²) < 4.78 is 62.2. The molecule has 0 N–H and O–H groups in total. The van der Waals surface area contributed by atoms with Crippen LogP contribution in [0.1, 0.15) is 104 Å². The average Bonchev–Trinajstić information content (AvgIpc) is 3.13. The average molecular weight is 795 g/mol. The smallest absolute Gasteiger partial charge is 0.461 e. The molecule has 0 spiro atoms. The molecule has 55 heavy (non-hydrogen) atoms. The van der Waals surface area contributed by atoms with Crippen molar-refractivity contribution in [1.29, 1.82) is 0 Å². The highest BCUT2D eigenvalue weighted by Crippen LogP contribution is 2.51. The van der Waals surface area contributed by atoms with Crippen LogP contribution in [0.5, 0.6) is 0 Å². The lowest BCUT2D eigenvalue weighted by molar-refractivity contribution is 0.00524. The van der Waals surface area contributed by atoms with Crippen molar-refractivity contribution in [3.63, 3.8) is 0 Å². The van der Waals surface area contributed by atoms with Crippen molar-refractivity contribution < 1.29 is 65.7 Å². The standard InChI is InChI=1S/C40H59O14P/c1-12-52-55(45,53-27-39(6,7)25-50-35(43)31-17-13-29(14-18-31)33(41)48-23-37(2,3)21-46-10)54-28-40(8,9)26-51-36(44)32-19-15-30(16-20-32)34(42)49-24-38(4,5)22-47-11/h13-20H,12,21-28H2,1-11H3. The third-order valence-electron chi connectivity index (χ3n) is 7.67. The van der Waals surface area contributed by atoms with Gasteiger partial charge < -0.3 is 28.4 Å². The Hall–Kier alpha value is -3.65. The van der Waals surface area contributed by atoms with Gasteiger partial charge in [-0.15, -0.1) is 0 Å². The van der Waals surface area contributed by atoms with Gasteiger partial charge in [0, 0.05) is 35.9 Å². The molecule has 0 atom stereocenters. The summed E-state index contributed by atoms with van der Waals surface area (Å²) in [5.41, 5.74) is -1.26. The summed E-state index contributed by atoms with van der Waals surface area (Å²) >= 11 is 0. The second kappa shape index (κ2) is 21.0. The van der Waals surface area contributed by atoms with Crippen molar-refractivity contribution >= 4 is 31.7 Å². The van der Waals surface area contributed by atoms with E-state index in [-0.39, 0.29) is 79.3 Å². The van der Waals surface area contributed by atoms with Crippen LogP contribution in [-0.2, 0) is 46.6 Å². The van der Waals surface area contributed by atoms with Crippen LogP contribution in [0, 0.1) is 21.7 Å². The largest absolute Gasteiger partial charge is 0.474 e. The molecule has 2 aromatic rings. The van der Waals surface area contributed by atoms with Gasteiger partial charge in [0.1, 0.15) is 0 Å². The molecule has 2 aromatic carbocycles. The number of ether oxygens (including phenoxy) is 6. The third kappa shape index (κ3) is 17.4. The molecule has 0 radical (unpaired) electrons. The van der Waals surface area contributed by atoms with Crippen molar-refractivity contribution in [2.75, 3.05) is 73.7 Å². The highest BCUT2D eigenvalue weighted by Gasteiger charge is 2.34. The number of phosphoric acid groups is 1. The second-order valence-corrected chi connectivity index (χ2v) is 18.1. The first-order valence-electron chi connectivity index (χ1n) is 18.0. The van der Waals surface area contributed by atoms with E-state index < -0.39 is 42.5 Å². The van der Waals surface area contributed by atoms with E-state index >= 15 is 0 Å². The van der Waals surface area contributed by atoms with Gasteiger partial charge in [-0.25, -0.2) is 23.7 Å². The number of hydrogen-bond acceptors (Lipinski definition) is 14. The van der Waals surface area contributed by atoms with Gasteiger partial charge in [-0.1, -0.05) is 55.4 Å². The van der Waals surface area contributed by atoms with Crippen LogP contribution in [0.15, 0.2) is 48.5 Å². The molecule has 2 rings (SSSR count). The zero-order valence-electron chi connectivity index (χ0n) is 34.1. The molecule has 15 heteroatoms. The lowest BCUT2D eigenvalue weighted by atomic mass is 9.96. The summed E-state index contributed by atoms with van der Waals surface area (Å²) in [5.74, 6) is -2.28. The predicted octanol–water partition coefficient (Wildman–Crippen LogP) is 7.59. The van der Waals surface area contributed by atoms with Crippen molar-refractivity contribution in [3.05, 3.63) is 70.8 Å². The highest BCUT2D eigenvalue weighted by molar-refractivity contribution is 7.48. The number of benzene rings is 2. The van der Waals surface area contributed by atoms with E-state index in [1.165, 1.54) is 48.5 Å². The Morgan fingerprint density at radius 3 is 0.891 bits per heavy atom. The van der Waals surface area contributed by atoms with Crippen molar-refractivity contribution in [3.8, 4) is 0 Å². The van der Waals surface area contributed by atoms with Crippen LogP contribution < -0.4 is 0 Å². The first-order chi connectivity index (χ1) is 25.6. The zero-order chi connectivity index (χ0) is 41.5. The van der Waals surface area contributed by atoms with Gasteiger partial charge in [0.05, 0.1) is 81.7 Å². The van der Waals surface area contributed by atoms with Gasteiger partial charge in [-0.05, 0) is 55.5 Å². The van der Waals surface area contributed by atoms with Crippen LogP contribution in [0.3, 0.4) is 0 Å². The Bertz CT molecular complexity index is 1480. The number of esters is 4. The number of carbonyl (C=O) groups is 4. The van der Waals surface area contributed by atoms with E-state index in [9.17, 15) is 23.7 Å². The predicted molar refractivity (Wildman–Crippen MR) is 204 cm³/mol. The minimum atomic E-state index is -4.08. The molecule has 0 saturated heterocycles. The summed E-state index contributed by atoms with van der Waals surface area (Å²) in [7, 11) is -0.917. The first-order valence-corrected chi connectivity index (χ1v) is 19.4. The fourth-order valence-corrected chi connectivity index (χ4v) is 6.14. The van der Waals surface area contributed by atoms with Crippen molar-refractivity contribution in [1.82, 2.24) is 0 Å². The van der Waals surface area contributed by atoms with E-state index in [1.807, 2.05) is 27.7 Å². The fraction of sp³-hybridized carbons (Fsp3) is 0.600. The van der Waals surface area contributed by atoms with E-state index in [0.29, 0.717) is 13.2 Å². The van der Waals surface area contributed by atoms with Crippen LogP contribution in [0.2, 0.25) is 0 Å². The van der Waals surface area contributed by atoms with E-state index in [4.69, 9.17) is 42.0 Å². The fourth-order valence-electron chi connectivity index (χ4n) is 4.59. The molecule has 0 bridgehead atoms. The Kier molecular flexibility index (Phi) is 18.2. The third-order valence-corrected chi connectivity index (χ3v) is 9.14. The molecule has 0 aromatic heterocycles. The quantitative estimate of drug-likeness (QED) is 0.0579. The molecular weight excluding hydrogens is 735 g/mol. The van der Waals surface area contributed by atoms with Crippen LogP contribution in [-0.4, -0.2) is 97.6 Å². The summed E-state index contributed by atoms with van der Waals surface area (Å²) in [5, 5.41) is 0. The molecule has 0 saturated carbocycles. The lowest BCUT2D eigenvalue weighted by Crippen LogP contribution is -2.29. The van der Waals surface area contributed by atoms with Crippen LogP contribution in [0.4, 0.5) is 0 Å². The van der Waals surface area contributed by atoms with Gasteiger partial charge in [-0.3, -0.25) is 13.6 Å². The monoisotopic (exact) mass is 794 g/mol.